The van der Waals surface area contributed by atoms with Gasteiger partial charge in [-0.2, -0.15) is 0 Å². The number of fused-ring (bicyclic) bond motifs is 1. The van der Waals surface area contributed by atoms with Crippen LogP contribution in [0.3, 0.4) is 0 Å². The first-order chi connectivity index (χ1) is 11.3. The van der Waals surface area contributed by atoms with Crippen LogP contribution in [0.15, 0.2) is 12.2 Å². The predicted octanol–water partition coefficient (Wildman–Crippen LogP) is 5.98. The average Bonchev–Trinajstić information content (AvgIpc) is 2.51. The zero-order valence-corrected chi connectivity index (χ0v) is 17.8. The van der Waals surface area contributed by atoms with Gasteiger partial charge in [-0.1, -0.05) is 67.0 Å². The van der Waals surface area contributed by atoms with E-state index in [1.54, 1.807) is 0 Å². The Kier molecular flexibility index (Phi) is 6.52. The number of rotatable bonds is 6. The maximum atomic E-state index is 11.9. The fourth-order valence-corrected chi connectivity index (χ4v) is 11.4. The first-order valence-electron chi connectivity index (χ1n) is 10.1. The van der Waals surface area contributed by atoms with E-state index in [2.05, 4.69) is 60.6 Å². The molecule has 0 bridgehead atoms. The minimum atomic E-state index is -1.90. The van der Waals surface area contributed by atoms with Crippen LogP contribution in [0.4, 0.5) is 0 Å². The SMILES string of the molecule is CC(C)[Si](O[C@H]1CCC[C@@H]2C=C[C@H](C)[C@H](C=O)[C@@H]12)(C(C)C)C(C)C. The highest BCUT2D eigenvalue weighted by Gasteiger charge is 2.50. The van der Waals surface area contributed by atoms with Gasteiger partial charge in [0, 0.05) is 17.9 Å². The van der Waals surface area contributed by atoms with Crippen LogP contribution >= 0.6 is 0 Å². The molecule has 1 fully saturated rings. The molecular formula is C21H38O2Si. The van der Waals surface area contributed by atoms with E-state index in [1.807, 2.05) is 0 Å². The van der Waals surface area contributed by atoms with E-state index >= 15 is 0 Å². The van der Waals surface area contributed by atoms with E-state index in [4.69, 9.17) is 4.43 Å². The van der Waals surface area contributed by atoms with Crippen molar-refractivity contribution in [1.82, 2.24) is 0 Å². The zero-order chi connectivity index (χ0) is 18.1. The summed E-state index contributed by atoms with van der Waals surface area (Å²) in [5.41, 5.74) is 1.80. The molecule has 0 aliphatic heterocycles. The van der Waals surface area contributed by atoms with Crippen LogP contribution in [0.2, 0.25) is 16.6 Å². The van der Waals surface area contributed by atoms with Gasteiger partial charge in [0.1, 0.15) is 6.29 Å². The normalized spacial score (nSPS) is 34.0. The Morgan fingerprint density at radius 1 is 1.00 bits per heavy atom. The molecular weight excluding hydrogens is 312 g/mol. The molecule has 0 heterocycles. The second kappa shape index (κ2) is 7.86. The molecule has 0 aromatic rings. The van der Waals surface area contributed by atoms with E-state index in [1.165, 1.54) is 19.1 Å². The average molecular weight is 351 g/mol. The highest BCUT2D eigenvalue weighted by Crippen LogP contribution is 2.49. The minimum absolute atomic E-state index is 0.128. The van der Waals surface area contributed by atoms with Gasteiger partial charge in [0.05, 0.1) is 0 Å². The van der Waals surface area contributed by atoms with Crippen molar-refractivity contribution in [2.24, 2.45) is 23.7 Å². The highest BCUT2D eigenvalue weighted by molar-refractivity contribution is 6.77. The van der Waals surface area contributed by atoms with Gasteiger partial charge in [0.15, 0.2) is 0 Å². The Morgan fingerprint density at radius 3 is 2.08 bits per heavy atom. The fourth-order valence-electron chi connectivity index (χ4n) is 5.79. The Labute approximate surface area is 150 Å². The summed E-state index contributed by atoms with van der Waals surface area (Å²) in [5, 5.41) is 0. The third kappa shape index (κ3) is 3.44. The highest BCUT2D eigenvalue weighted by atomic mass is 28.4. The molecule has 138 valence electrons. The van der Waals surface area contributed by atoms with Crippen LogP contribution in [-0.4, -0.2) is 20.7 Å². The zero-order valence-electron chi connectivity index (χ0n) is 16.8. The molecule has 0 aromatic carbocycles. The van der Waals surface area contributed by atoms with Crippen LogP contribution in [0.1, 0.15) is 67.7 Å². The van der Waals surface area contributed by atoms with Gasteiger partial charge >= 0.3 is 0 Å². The number of hydrogen-bond donors (Lipinski definition) is 0. The molecule has 0 amide bonds. The van der Waals surface area contributed by atoms with Crippen molar-refractivity contribution in [3.63, 3.8) is 0 Å². The standard InChI is InChI=1S/C21H38O2Si/c1-14(2)24(15(3)4,16(5)6)23-20-10-8-9-18-12-11-17(7)19(13-22)21(18)20/h11-21H,8-10H2,1-7H3/t17-,18+,19-,20-,21-/m0/s1. The summed E-state index contributed by atoms with van der Waals surface area (Å²) < 4.78 is 7.16. The lowest BCUT2D eigenvalue weighted by Gasteiger charge is -2.51. The largest absolute Gasteiger partial charge is 0.413 e. The molecule has 24 heavy (non-hydrogen) atoms. The predicted molar refractivity (Wildman–Crippen MR) is 105 cm³/mol. The van der Waals surface area contributed by atoms with E-state index in [-0.39, 0.29) is 12.0 Å². The van der Waals surface area contributed by atoms with Crippen LogP contribution in [0.25, 0.3) is 0 Å². The molecule has 5 atom stereocenters. The van der Waals surface area contributed by atoms with Gasteiger partial charge in [0.25, 0.3) is 0 Å². The van der Waals surface area contributed by atoms with Crippen LogP contribution in [0.5, 0.6) is 0 Å². The van der Waals surface area contributed by atoms with Crippen LogP contribution < -0.4 is 0 Å². The monoisotopic (exact) mass is 350 g/mol. The molecule has 0 saturated heterocycles. The number of hydrogen-bond acceptors (Lipinski definition) is 2. The fraction of sp³-hybridized carbons (Fsp3) is 0.857. The van der Waals surface area contributed by atoms with Crippen molar-refractivity contribution in [3.8, 4) is 0 Å². The van der Waals surface area contributed by atoms with Gasteiger partial charge in [-0.15, -0.1) is 0 Å². The number of aldehydes is 1. The van der Waals surface area contributed by atoms with Crippen molar-refractivity contribution in [2.75, 3.05) is 0 Å². The quantitative estimate of drug-likeness (QED) is 0.334. The Balaban J connectivity index is 2.35. The topological polar surface area (TPSA) is 26.3 Å². The molecule has 3 heteroatoms. The summed E-state index contributed by atoms with van der Waals surface area (Å²) in [6.07, 6.45) is 9.72. The van der Waals surface area contributed by atoms with E-state index in [0.29, 0.717) is 34.4 Å². The maximum Gasteiger partial charge on any atom is 0.200 e. The Bertz CT molecular complexity index is 433. The molecule has 2 nitrogen and oxygen atoms in total. The van der Waals surface area contributed by atoms with E-state index in [0.717, 1.165) is 6.42 Å². The smallest absolute Gasteiger partial charge is 0.200 e. The van der Waals surface area contributed by atoms with Gasteiger partial charge in [-0.3, -0.25) is 0 Å². The maximum absolute atomic E-state index is 11.9. The van der Waals surface area contributed by atoms with Crippen molar-refractivity contribution >= 4 is 14.6 Å². The second-order valence-electron chi connectivity index (χ2n) is 9.10. The summed E-state index contributed by atoms with van der Waals surface area (Å²) in [5.74, 6) is 1.40. The van der Waals surface area contributed by atoms with Crippen LogP contribution in [-0.2, 0) is 9.22 Å². The summed E-state index contributed by atoms with van der Waals surface area (Å²) in [6.45, 7) is 16.3. The lowest BCUT2D eigenvalue weighted by molar-refractivity contribution is -0.117. The molecule has 2 rings (SSSR count). The summed E-state index contributed by atoms with van der Waals surface area (Å²) in [6, 6.07) is 0. The van der Waals surface area contributed by atoms with E-state index < -0.39 is 8.32 Å². The molecule has 0 unspecified atom stereocenters. The van der Waals surface area contributed by atoms with Crippen molar-refractivity contribution in [3.05, 3.63) is 12.2 Å². The van der Waals surface area contributed by atoms with Gasteiger partial charge in [-0.05, 0) is 41.3 Å². The minimum Gasteiger partial charge on any atom is -0.413 e. The molecule has 0 radical (unpaired) electrons. The molecule has 2 aliphatic rings. The number of carbonyl (C=O) groups excluding carboxylic acids is 1. The first kappa shape index (κ1) is 19.9. The van der Waals surface area contributed by atoms with Crippen molar-refractivity contribution in [2.45, 2.75) is 90.5 Å². The van der Waals surface area contributed by atoms with Gasteiger partial charge < -0.3 is 9.22 Å². The first-order valence-corrected chi connectivity index (χ1v) is 12.2. The lowest BCUT2D eigenvalue weighted by Crippen LogP contribution is -2.54. The molecule has 2 aliphatic carbocycles. The third-order valence-corrected chi connectivity index (χ3v) is 13.0. The van der Waals surface area contributed by atoms with Crippen LogP contribution in [0, 0.1) is 23.7 Å². The van der Waals surface area contributed by atoms with E-state index in [9.17, 15) is 4.79 Å². The molecule has 0 spiro atoms. The third-order valence-electron chi connectivity index (χ3n) is 6.88. The molecule has 0 N–H and O–H groups in total. The van der Waals surface area contributed by atoms with Crippen molar-refractivity contribution in [1.29, 1.82) is 0 Å². The van der Waals surface area contributed by atoms with Crippen molar-refractivity contribution < 1.29 is 9.22 Å². The van der Waals surface area contributed by atoms with Gasteiger partial charge in [-0.25, -0.2) is 0 Å². The summed E-state index contributed by atoms with van der Waals surface area (Å²) in [7, 11) is -1.90. The summed E-state index contributed by atoms with van der Waals surface area (Å²) in [4.78, 5) is 11.9. The van der Waals surface area contributed by atoms with Gasteiger partial charge in [0.2, 0.25) is 8.32 Å². The molecule has 0 aromatic heterocycles. The Hall–Kier alpha value is -0.413. The summed E-state index contributed by atoms with van der Waals surface area (Å²) >= 11 is 0. The number of carbonyl (C=O) groups is 1. The Morgan fingerprint density at radius 2 is 1.58 bits per heavy atom. The molecule has 1 saturated carbocycles. The lowest BCUT2D eigenvalue weighted by atomic mass is 9.64. The number of allylic oxidation sites excluding steroid dienone is 2. The second-order valence-corrected chi connectivity index (χ2v) is 14.5.